The average molecular weight is 170 g/mol. The van der Waals surface area contributed by atoms with Crippen molar-refractivity contribution >= 4 is 6.29 Å². The molecule has 1 aliphatic rings. The maximum atomic E-state index is 10.2. The molecule has 2 nitrogen and oxygen atoms in total. The fourth-order valence-corrected chi connectivity index (χ4v) is 1.96. The Morgan fingerprint density at radius 2 is 2.00 bits per heavy atom. The van der Waals surface area contributed by atoms with Crippen LogP contribution in [-0.2, 0) is 4.79 Å². The van der Waals surface area contributed by atoms with Gasteiger partial charge in [0, 0.05) is 6.42 Å². The van der Waals surface area contributed by atoms with Crippen molar-refractivity contribution in [1.82, 2.24) is 0 Å². The Labute approximate surface area is 74.0 Å². The Kier molecular flexibility index (Phi) is 3.73. The molecule has 12 heavy (non-hydrogen) atoms. The van der Waals surface area contributed by atoms with E-state index in [2.05, 4.69) is 6.92 Å². The lowest BCUT2D eigenvalue weighted by Crippen LogP contribution is -2.25. The lowest BCUT2D eigenvalue weighted by molar-refractivity contribution is -0.110. The molecule has 0 heterocycles. The summed E-state index contributed by atoms with van der Waals surface area (Å²) in [4.78, 5) is 10.2. The molecular formula is C10H18O2. The first-order chi connectivity index (χ1) is 5.74. The van der Waals surface area contributed by atoms with Gasteiger partial charge in [0.05, 0.1) is 6.10 Å². The predicted octanol–water partition coefficient (Wildman–Crippen LogP) is 1.76. The van der Waals surface area contributed by atoms with Gasteiger partial charge in [-0.05, 0) is 24.7 Å². The monoisotopic (exact) mass is 170 g/mol. The van der Waals surface area contributed by atoms with Gasteiger partial charge < -0.3 is 9.90 Å². The first-order valence-electron chi connectivity index (χ1n) is 4.85. The SMILES string of the molecule is CC1CCC(C(O)CC=O)CC1. The zero-order valence-corrected chi connectivity index (χ0v) is 7.70. The number of hydrogen-bond donors (Lipinski definition) is 1. The Bertz CT molecular complexity index is 137. The van der Waals surface area contributed by atoms with Gasteiger partial charge in [0.15, 0.2) is 0 Å². The summed E-state index contributed by atoms with van der Waals surface area (Å²) in [6.45, 7) is 2.25. The van der Waals surface area contributed by atoms with Gasteiger partial charge in [0.25, 0.3) is 0 Å². The lowest BCUT2D eigenvalue weighted by atomic mass is 9.79. The number of rotatable bonds is 3. The van der Waals surface area contributed by atoms with Crippen molar-refractivity contribution < 1.29 is 9.90 Å². The minimum atomic E-state index is -0.380. The van der Waals surface area contributed by atoms with Gasteiger partial charge in [-0.25, -0.2) is 0 Å². The van der Waals surface area contributed by atoms with Crippen LogP contribution >= 0.6 is 0 Å². The fourth-order valence-electron chi connectivity index (χ4n) is 1.96. The van der Waals surface area contributed by atoms with Gasteiger partial charge in [-0.1, -0.05) is 19.8 Å². The van der Waals surface area contributed by atoms with Crippen LogP contribution in [0.2, 0.25) is 0 Å². The van der Waals surface area contributed by atoms with E-state index in [1.807, 2.05) is 0 Å². The molecule has 0 amide bonds. The quantitative estimate of drug-likeness (QED) is 0.655. The summed E-state index contributed by atoms with van der Waals surface area (Å²) in [6.07, 6.45) is 5.37. The standard InChI is InChI=1S/C10H18O2/c1-8-2-4-9(5-3-8)10(12)6-7-11/h7-10,12H,2-6H2,1H3. The van der Waals surface area contributed by atoms with Crippen LogP contribution in [0.4, 0.5) is 0 Å². The van der Waals surface area contributed by atoms with Crippen LogP contribution in [-0.4, -0.2) is 17.5 Å². The summed E-state index contributed by atoms with van der Waals surface area (Å²) in [7, 11) is 0. The van der Waals surface area contributed by atoms with Crippen molar-refractivity contribution in [2.75, 3.05) is 0 Å². The highest BCUT2D eigenvalue weighted by molar-refractivity contribution is 5.50. The summed E-state index contributed by atoms with van der Waals surface area (Å²) in [5.74, 6) is 1.19. The third-order valence-electron chi connectivity index (χ3n) is 2.94. The van der Waals surface area contributed by atoms with E-state index in [1.165, 1.54) is 12.8 Å². The Balaban J connectivity index is 2.28. The van der Waals surface area contributed by atoms with E-state index in [-0.39, 0.29) is 6.10 Å². The third kappa shape index (κ3) is 2.59. The molecule has 1 rings (SSSR count). The van der Waals surface area contributed by atoms with Gasteiger partial charge in [-0.15, -0.1) is 0 Å². The molecule has 0 spiro atoms. The van der Waals surface area contributed by atoms with Crippen LogP contribution in [0.5, 0.6) is 0 Å². The largest absolute Gasteiger partial charge is 0.392 e. The molecular weight excluding hydrogens is 152 g/mol. The molecule has 0 aliphatic heterocycles. The molecule has 0 bridgehead atoms. The average Bonchev–Trinajstić information content (AvgIpc) is 2.06. The minimum Gasteiger partial charge on any atom is -0.392 e. The van der Waals surface area contributed by atoms with Crippen molar-refractivity contribution in [1.29, 1.82) is 0 Å². The number of aldehydes is 1. The third-order valence-corrected chi connectivity index (χ3v) is 2.94. The molecule has 70 valence electrons. The molecule has 1 N–H and O–H groups in total. The van der Waals surface area contributed by atoms with Crippen LogP contribution < -0.4 is 0 Å². The molecule has 1 fully saturated rings. The van der Waals surface area contributed by atoms with Crippen LogP contribution in [0.15, 0.2) is 0 Å². The van der Waals surface area contributed by atoms with Gasteiger partial charge in [-0.3, -0.25) is 0 Å². The molecule has 0 saturated heterocycles. The zero-order chi connectivity index (χ0) is 8.97. The molecule has 1 atom stereocenters. The summed E-state index contributed by atoms with van der Waals surface area (Å²) >= 11 is 0. The molecule has 0 radical (unpaired) electrons. The highest BCUT2D eigenvalue weighted by atomic mass is 16.3. The van der Waals surface area contributed by atoms with Crippen molar-refractivity contribution in [3.63, 3.8) is 0 Å². The molecule has 0 aromatic rings. The number of aliphatic hydroxyl groups excluding tert-OH is 1. The van der Waals surface area contributed by atoms with Crippen molar-refractivity contribution in [2.45, 2.75) is 45.1 Å². The van der Waals surface area contributed by atoms with Gasteiger partial charge in [-0.2, -0.15) is 0 Å². The van der Waals surface area contributed by atoms with Gasteiger partial charge in [0.1, 0.15) is 6.29 Å². The second-order valence-electron chi connectivity index (χ2n) is 3.99. The van der Waals surface area contributed by atoms with E-state index < -0.39 is 0 Å². The fraction of sp³-hybridized carbons (Fsp3) is 0.900. The van der Waals surface area contributed by atoms with E-state index in [0.29, 0.717) is 12.3 Å². The van der Waals surface area contributed by atoms with Gasteiger partial charge in [0.2, 0.25) is 0 Å². The maximum Gasteiger partial charge on any atom is 0.122 e. The van der Waals surface area contributed by atoms with Crippen LogP contribution in [0.25, 0.3) is 0 Å². The summed E-state index contributed by atoms with van der Waals surface area (Å²) in [5.41, 5.74) is 0. The topological polar surface area (TPSA) is 37.3 Å². The van der Waals surface area contributed by atoms with Crippen LogP contribution in [0.1, 0.15) is 39.0 Å². The number of aliphatic hydroxyl groups is 1. The van der Waals surface area contributed by atoms with Crippen molar-refractivity contribution in [3.05, 3.63) is 0 Å². The molecule has 1 aliphatic carbocycles. The summed E-state index contributed by atoms with van der Waals surface area (Å²) < 4.78 is 0. The maximum absolute atomic E-state index is 10.2. The molecule has 1 saturated carbocycles. The van der Waals surface area contributed by atoms with E-state index >= 15 is 0 Å². The Morgan fingerprint density at radius 1 is 1.42 bits per heavy atom. The summed E-state index contributed by atoms with van der Waals surface area (Å²) in [5, 5.41) is 9.53. The minimum absolute atomic E-state index is 0.318. The Hall–Kier alpha value is -0.370. The zero-order valence-electron chi connectivity index (χ0n) is 7.70. The van der Waals surface area contributed by atoms with Crippen LogP contribution in [0.3, 0.4) is 0 Å². The lowest BCUT2D eigenvalue weighted by Gasteiger charge is -2.28. The molecule has 0 aromatic carbocycles. The number of carbonyl (C=O) groups is 1. The van der Waals surface area contributed by atoms with E-state index in [1.54, 1.807) is 0 Å². The second-order valence-corrected chi connectivity index (χ2v) is 3.99. The highest BCUT2D eigenvalue weighted by Crippen LogP contribution is 2.30. The first kappa shape index (κ1) is 9.72. The van der Waals surface area contributed by atoms with E-state index in [4.69, 9.17) is 0 Å². The summed E-state index contributed by atoms with van der Waals surface area (Å²) in [6, 6.07) is 0. The molecule has 1 unspecified atom stereocenters. The molecule has 0 aromatic heterocycles. The highest BCUT2D eigenvalue weighted by Gasteiger charge is 2.23. The normalized spacial score (nSPS) is 32.8. The number of carbonyl (C=O) groups excluding carboxylic acids is 1. The smallest absolute Gasteiger partial charge is 0.122 e. The predicted molar refractivity (Wildman–Crippen MR) is 47.8 cm³/mol. The van der Waals surface area contributed by atoms with Crippen molar-refractivity contribution in [2.24, 2.45) is 11.8 Å². The van der Waals surface area contributed by atoms with Crippen LogP contribution in [0, 0.1) is 11.8 Å². The number of hydrogen-bond acceptors (Lipinski definition) is 2. The van der Waals surface area contributed by atoms with Crippen molar-refractivity contribution in [3.8, 4) is 0 Å². The molecule has 2 heteroatoms. The Morgan fingerprint density at radius 3 is 2.50 bits per heavy atom. The second kappa shape index (κ2) is 4.61. The van der Waals surface area contributed by atoms with E-state index in [9.17, 15) is 9.90 Å². The van der Waals surface area contributed by atoms with Gasteiger partial charge >= 0.3 is 0 Å². The first-order valence-corrected chi connectivity index (χ1v) is 4.85. The van der Waals surface area contributed by atoms with E-state index in [0.717, 1.165) is 25.0 Å².